The van der Waals surface area contributed by atoms with Crippen LogP contribution in [-0.4, -0.2) is 24.3 Å². The summed E-state index contributed by atoms with van der Waals surface area (Å²) in [7, 11) is -3.84. The first-order chi connectivity index (χ1) is 14.3. The fraction of sp³-hybridized carbons (Fsp3) is 0.0556. The number of anilines is 3. The maximum Gasteiger partial charge on any atom is 0.270 e. The molecule has 156 valence electrons. The SMILES string of the molecule is Cc1ccc(S(=O)(=O)NNc2ncnc(NNC(=O)c3ccccc3Br)c2N)cc1. The Labute approximate surface area is 181 Å². The number of halogens is 1. The van der Waals surface area contributed by atoms with Gasteiger partial charge in [-0.3, -0.25) is 21.1 Å². The van der Waals surface area contributed by atoms with Gasteiger partial charge in [-0.2, -0.15) is 0 Å². The van der Waals surface area contributed by atoms with Crippen LogP contribution in [-0.2, 0) is 10.0 Å². The first-order valence-electron chi connectivity index (χ1n) is 8.54. The average molecular weight is 492 g/mol. The molecule has 0 fully saturated rings. The third-order valence-electron chi connectivity index (χ3n) is 3.93. The van der Waals surface area contributed by atoms with Gasteiger partial charge in [-0.25, -0.2) is 18.4 Å². The number of nitrogens with zero attached hydrogens (tertiary/aromatic N) is 2. The van der Waals surface area contributed by atoms with E-state index in [9.17, 15) is 13.2 Å². The summed E-state index contributed by atoms with van der Waals surface area (Å²) in [5.74, 6) is -0.323. The van der Waals surface area contributed by atoms with Gasteiger partial charge in [-0.05, 0) is 47.1 Å². The van der Waals surface area contributed by atoms with Crippen LogP contribution in [0.15, 0.2) is 64.2 Å². The Bertz CT molecular complexity index is 1170. The third kappa shape index (κ3) is 5.03. The number of benzene rings is 2. The summed E-state index contributed by atoms with van der Waals surface area (Å²) in [6.45, 7) is 1.85. The summed E-state index contributed by atoms with van der Waals surface area (Å²) in [6.07, 6.45) is 1.16. The lowest BCUT2D eigenvalue weighted by Crippen LogP contribution is -2.32. The number of hydrogen-bond acceptors (Lipinski definition) is 8. The quantitative estimate of drug-likeness (QED) is 0.315. The molecule has 0 saturated carbocycles. The number of carbonyl (C=O) groups is 1. The minimum atomic E-state index is -3.84. The van der Waals surface area contributed by atoms with Crippen LogP contribution in [0.5, 0.6) is 0 Å². The minimum absolute atomic E-state index is 0.00321. The number of aromatic nitrogens is 2. The van der Waals surface area contributed by atoms with E-state index in [-0.39, 0.29) is 22.2 Å². The molecule has 3 aromatic rings. The van der Waals surface area contributed by atoms with Gasteiger partial charge in [0.2, 0.25) is 0 Å². The molecule has 0 radical (unpaired) electrons. The van der Waals surface area contributed by atoms with Crippen molar-refractivity contribution < 1.29 is 13.2 Å². The van der Waals surface area contributed by atoms with E-state index in [0.29, 0.717) is 10.0 Å². The molecule has 3 rings (SSSR count). The third-order valence-corrected chi connectivity index (χ3v) is 5.89. The second-order valence-electron chi connectivity index (χ2n) is 6.09. The van der Waals surface area contributed by atoms with E-state index in [1.807, 2.05) is 6.92 Å². The van der Waals surface area contributed by atoms with Crippen LogP contribution in [0.25, 0.3) is 0 Å². The highest BCUT2D eigenvalue weighted by atomic mass is 79.9. The topological polar surface area (TPSA) is 151 Å². The predicted molar refractivity (Wildman–Crippen MR) is 117 cm³/mol. The van der Waals surface area contributed by atoms with Gasteiger partial charge in [0, 0.05) is 4.47 Å². The van der Waals surface area contributed by atoms with Gasteiger partial charge in [0.25, 0.3) is 15.9 Å². The summed E-state index contributed by atoms with van der Waals surface area (Å²) in [4.78, 5) is 22.4. The van der Waals surface area contributed by atoms with E-state index < -0.39 is 15.9 Å². The lowest BCUT2D eigenvalue weighted by molar-refractivity contribution is 0.0961. The second kappa shape index (κ2) is 9.07. The van der Waals surface area contributed by atoms with Gasteiger partial charge in [0.15, 0.2) is 11.6 Å². The predicted octanol–water partition coefficient (Wildman–Crippen LogP) is 2.19. The smallest absolute Gasteiger partial charge is 0.270 e. The van der Waals surface area contributed by atoms with Crippen LogP contribution in [0.3, 0.4) is 0 Å². The number of rotatable bonds is 7. The largest absolute Gasteiger partial charge is 0.393 e. The van der Waals surface area contributed by atoms with Crippen LogP contribution in [0.2, 0.25) is 0 Å². The molecular formula is C18H18BrN7O3S. The number of hydrogen-bond donors (Lipinski definition) is 5. The standard InChI is InChI=1S/C18H18BrN7O3S/c1-11-6-8-12(9-7-11)30(28,29)26-24-17-15(20)16(21-10-22-17)23-25-18(27)13-4-2-3-5-14(13)19/h2-10,26H,20H2,1H3,(H,25,27)(H2,21,22,23,24). The zero-order valence-electron chi connectivity index (χ0n) is 15.7. The molecule has 10 nitrogen and oxygen atoms in total. The molecule has 1 aromatic heterocycles. The normalized spacial score (nSPS) is 11.0. The number of nitrogens with one attached hydrogen (secondary N) is 4. The molecule has 6 N–H and O–H groups in total. The van der Waals surface area contributed by atoms with Crippen molar-refractivity contribution in [3.63, 3.8) is 0 Å². The molecule has 0 spiro atoms. The maximum atomic E-state index is 12.4. The van der Waals surface area contributed by atoms with Gasteiger partial charge in [-0.1, -0.05) is 29.8 Å². The zero-order valence-corrected chi connectivity index (χ0v) is 18.1. The number of carbonyl (C=O) groups excluding carboxylic acids is 1. The number of aryl methyl sites for hydroxylation is 1. The number of nitrogen functional groups attached to an aromatic ring is 1. The van der Waals surface area contributed by atoms with E-state index in [1.54, 1.807) is 36.4 Å². The van der Waals surface area contributed by atoms with Crippen molar-refractivity contribution in [2.24, 2.45) is 0 Å². The van der Waals surface area contributed by atoms with Gasteiger partial charge >= 0.3 is 0 Å². The highest BCUT2D eigenvalue weighted by molar-refractivity contribution is 9.10. The lowest BCUT2D eigenvalue weighted by Gasteiger charge is -2.14. The summed E-state index contributed by atoms with van der Waals surface area (Å²) < 4.78 is 25.4. The average Bonchev–Trinajstić information content (AvgIpc) is 2.72. The second-order valence-corrected chi connectivity index (χ2v) is 8.62. The molecule has 2 aromatic carbocycles. The van der Waals surface area contributed by atoms with Gasteiger partial charge < -0.3 is 5.73 Å². The molecule has 12 heteroatoms. The van der Waals surface area contributed by atoms with Crippen LogP contribution in [0, 0.1) is 6.92 Å². The van der Waals surface area contributed by atoms with Crippen molar-refractivity contribution in [1.29, 1.82) is 0 Å². The van der Waals surface area contributed by atoms with Gasteiger partial charge in [-0.15, -0.1) is 4.83 Å². The minimum Gasteiger partial charge on any atom is -0.393 e. The van der Waals surface area contributed by atoms with Crippen molar-refractivity contribution >= 4 is 49.2 Å². The summed E-state index contributed by atoms with van der Waals surface area (Å²) >= 11 is 3.30. The summed E-state index contributed by atoms with van der Waals surface area (Å²) in [6, 6.07) is 13.2. The van der Waals surface area contributed by atoms with Gasteiger partial charge in [0.1, 0.15) is 12.0 Å². The molecule has 0 aliphatic carbocycles. The highest BCUT2D eigenvalue weighted by Gasteiger charge is 2.16. The number of hydrazine groups is 2. The molecule has 0 bridgehead atoms. The van der Waals surface area contributed by atoms with Crippen molar-refractivity contribution in [2.75, 3.05) is 16.6 Å². The molecule has 0 saturated heterocycles. The molecule has 1 amide bonds. The fourth-order valence-corrected chi connectivity index (χ4v) is 3.62. The van der Waals surface area contributed by atoms with E-state index in [0.717, 1.165) is 11.9 Å². The zero-order chi connectivity index (χ0) is 21.7. The summed E-state index contributed by atoms with van der Waals surface area (Å²) in [5, 5.41) is 0. The van der Waals surface area contributed by atoms with Crippen LogP contribution in [0.1, 0.15) is 15.9 Å². The molecular weight excluding hydrogens is 474 g/mol. The van der Waals surface area contributed by atoms with E-state index in [1.165, 1.54) is 12.1 Å². The first-order valence-corrected chi connectivity index (χ1v) is 10.8. The molecule has 1 heterocycles. The number of sulfonamides is 1. The Morgan fingerprint density at radius 3 is 2.30 bits per heavy atom. The Kier molecular flexibility index (Phi) is 6.50. The highest BCUT2D eigenvalue weighted by Crippen LogP contribution is 2.22. The van der Waals surface area contributed by atoms with E-state index in [2.05, 4.69) is 47.0 Å². The van der Waals surface area contributed by atoms with E-state index >= 15 is 0 Å². The Morgan fingerprint density at radius 1 is 1.00 bits per heavy atom. The molecule has 30 heavy (non-hydrogen) atoms. The Hall–Kier alpha value is -3.22. The van der Waals surface area contributed by atoms with Crippen molar-refractivity contribution in [1.82, 2.24) is 20.2 Å². The maximum absolute atomic E-state index is 12.4. The summed E-state index contributed by atoms with van der Waals surface area (Å²) in [5.41, 5.74) is 14.8. The molecule has 0 aliphatic rings. The van der Waals surface area contributed by atoms with Crippen LogP contribution < -0.4 is 26.8 Å². The Morgan fingerprint density at radius 2 is 1.63 bits per heavy atom. The Balaban J connectivity index is 1.68. The number of amides is 1. The molecule has 0 aliphatic heterocycles. The first kappa shape index (κ1) is 21.5. The number of nitrogens with two attached hydrogens (primary N) is 1. The molecule has 0 unspecified atom stereocenters. The fourth-order valence-electron chi connectivity index (χ4n) is 2.32. The lowest BCUT2D eigenvalue weighted by atomic mass is 10.2. The van der Waals surface area contributed by atoms with Crippen LogP contribution in [0.4, 0.5) is 17.3 Å². The van der Waals surface area contributed by atoms with Gasteiger partial charge in [0.05, 0.1) is 10.5 Å². The van der Waals surface area contributed by atoms with Crippen molar-refractivity contribution in [3.05, 3.63) is 70.5 Å². The monoisotopic (exact) mass is 491 g/mol. The van der Waals surface area contributed by atoms with Crippen molar-refractivity contribution in [3.8, 4) is 0 Å². The molecule has 0 atom stereocenters. The van der Waals surface area contributed by atoms with Crippen molar-refractivity contribution in [2.45, 2.75) is 11.8 Å². The van der Waals surface area contributed by atoms with E-state index in [4.69, 9.17) is 5.73 Å². The van der Waals surface area contributed by atoms with Crippen LogP contribution >= 0.6 is 15.9 Å².